The van der Waals surface area contributed by atoms with Gasteiger partial charge in [0.25, 0.3) is 5.91 Å². The van der Waals surface area contributed by atoms with Gasteiger partial charge in [0.15, 0.2) is 5.72 Å². The quantitative estimate of drug-likeness (QED) is 0.821. The van der Waals surface area contributed by atoms with Crippen LogP contribution in [0.2, 0.25) is 0 Å². The number of pyridine rings is 1. The molecule has 5 rings (SSSR count). The normalized spacial score (nSPS) is 29.1. The van der Waals surface area contributed by atoms with E-state index in [1.165, 1.54) is 0 Å². The topological polar surface area (TPSA) is 62.7 Å². The van der Waals surface area contributed by atoms with Crippen molar-refractivity contribution in [3.8, 4) is 0 Å². The predicted molar refractivity (Wildman–Crippen MR) is 97.7 cm³/mol. The van der Waals surface area contributed by atoms with Gasteiger partial charge in [0.1, 0.15) is 6.10 Å². The maximum Gasteiger partial charge on any atom is 0.255 e. The van der Waals surface area contributed by atoms with Gasteiger partial charge in [-0.25, -0.2) is 0 Å². The lowest BCUT2D eigenvalue weighted by atomic mass is 10.1. The SMILES string of the molecule is Cc1cncc(C(=O)N2CC[C@@]34O[C@@H](c5ccccc5)CN3C(=O)C[C@@H]24)c1. The van der Waals surface area contributed by atoms with Crippen LogP contribution in [0.4, 0.5) is 0 Å². The Morgan fingerprint density at radius 2 is 2.07 bits per heavy atom. The minimum Gasteiger partial charge on any atom is -0.343 e. The Labute approximate surface area is 157 Å². The molecule has 4 heterocycles. The molecule has 27 heavy (non-hydrogen) atoms. The monoisotopic (exact) mass is 363 g/mol. The van der Waals surface area contributed by atoms with Crippen molar-refractivity contribution in [2.75, 3.05) is 13.1 Å². The van der Waals surface area contributed by atoms with Gasteiger partial charge in [-0.1, -0.05) is 30.3 Å². The van der Waals surface area contributed by atoms with Crippen molar-refractivity contribution in [3.63, 3.8) is 0 Å². The molecule has 6 nitrogen and oxygen atoms in total. The van der Waals surface area contributed by atoms with Crippen LogP contribution >= 0.6 is 0 Å². The zero-order valence-electron chi connectivity index (χ0n) is 15.2. The Bertz CT molecular complexity index is 916. The van der Waals surface area contributed by atoms with Crippen molar-refractivity contribution in [2.24, 2.45) is 0 Å². The zero-order chi connectivity index (χ0) is 18.6. The zero-order valence-corrected chi connectivity index (χ0v) is 15.2. The van der Waals surface area contributed by atoms with Crippen LogP contribution in [0.15, 0.2) is 48.8 Å². The summed E-state index contributed by atoms with van der Waals surface area (Å²) >= 11 is 0. The fourth-order valence-corrected chi connectivity index (χ4v) is 4.75. The largest absolute Gasteiger partial charge is 0.343 e. The van der Waals surface area contributed by atoms with Gasteiger partial charge < -0.3 is 14.5 Å². The van der Waals surface area contributed by atoms with E-state index in [9.17, 15) is 9.59 Å². The summed E-state index contributed by atoms with van der Waals surface area (Å²) in [5.74, 6) is -0.00668. The molecule has 1 aromatic carbocycles. The number of nitrogens with zero attached hydrogens (tertiary/aromatic N) is 3. The molecule has 6 heteroatoms. The molecule has 0 radical (unpaired) electrons. The third kappa shape index (κ3) is 2.40. The summed E-state index contributed by atoms with van der Waals surface area (Å²) in [6.07, 6.45) is 4.16. The van der Waals surface area contributed by atoms with Crippen LogP contribution in [0.5, 0.6) is 0 Å². The highest BCUT2D eigenvalue weighted by atomic mass is 16.5. The van der Waals surface area contributed by atoms with Crippen LogP contribution in [0.1, 0.15) is 40.4 Å². The number of carbonyl (C=O) groups is 2. The smallest absolute Gasteiger partial charge is 0.255 e. The lowest BCUT2D eigenvalue weighted by molar-refractivity contribution is -0.138. The summed E-state index contributed by atoms with van der Waals surface area (Å²) < 4.78 is 6.49. The third-order valence-electron chi connectivity index (χ3n) is 5.98. The third-order valence-corrected chi connectivity index (χ3v) is 5.98. The minimum absolute atomic E-state index is 0.0679. The molecule has 0 aliphatic carbocycles. The van der Waals surface area contributed by atoms with Gasteiger partial charge in [-0.2, -0.15) is 0 Å². The Morgan fingerprint density at radius 3 is 2.85 bits per heavy atom. The first-order valence-electron chi connectivity index (χ1n) is 9.34. The molecule has 3 aliphatic rings. The summed E-state index contributed by atoms with van der Waals surface area (Å²) in [6, 6.07) is 11.6. The van der Waals surface area contributed by atoms with E-state index in [1.54, 1.807) is 12.4 Å². The first kappa shape index (κ1) is 16.4. The molecule has 138 valence electrons. The van der Waals surface area contributed by atoms with Gasteiger partial charge in [0.05, 0.1) is 24.6 Å². The number of ether oxygens (including phenoxy) is 1. The molecule has 3 atom stereocenters. The number of rotatable bonds is 2. The van der Waals surface area contributed by atoms with E-state index in [4.69, 9.17) is 4.74 Å². The molecule has 2 amide bonds. The predicted octanol–water partition coefficient (Wildman–Crippen LogP) is 2.30. The second kappa shape index (κ2) is 5.89. The Hall–Kier alpha value is -2.73. The Morgan fingerprint density at radius 1 is 1.26 bits per heavy atom. The van der Waals surface area contributed by atoms with Crippen molar-refractivity contribution < 1.29 is 14.3 Å². The highest BCUT2D eigenvalue weighted by Crippen LogP contribution is 2.50. The number of amides is 2. The van der Waals surface area contributed by atoms with Crippen molar-refractivity contribution in [1.82, 2.24) is 14.8 Å². The number of hydrogen-bond acceptors (Lipinski definition) is 4. The van der Waals surface area contributed by atoms with E-state index < -0.39 is 5.72 Å². The van der Waals surface area contributed by atoms with Crippen LogP contribution in [0.3, 0.4) is 0 Å². The summed E-state index contributed by atoms with van der Waals surface area (Å²) in [4.78, 5) is 33.6. The first-order valence-corrected chi connectivity index (χ1v) is 9.34. The van der Waals surface area contributed by atoms with Gasteiger partial charge in [-0.15, -0.1) is 0 Å². The molecule has 0 unspecified atom stereocenters. The lowest BCUT2D eigenvalue weighted by Crippen LogP contribution is -2.48. The molecular weight excluding hydrogens is 342 g/mol. The molecule has 1 aromatic heterocycles. The van der Waals surface area contributed by atoms with E-state index in [-0.39, 0.29) is 24.0 Å². The molecule has 1 spiro atoms. The average molecular weight is 363 g/mol. The summed E-state index contributed by atoms with van der Waals surface area (Å²) in [7, 11) is 0. The standard InChI is InChI=1S/C21H21N3O3/c1-14-9-16(12-22-11-14)20(26)23-8-7-21-18(23)10-19(25)24(21)13-17(27-21)15-5-3-2-4-6-15/h2-6,9,11-12,17-18H,7-8,10,13H2,1H3/t17-,18-,21+/m1/s1. The number of carbonyl (C=O) groups excluding carboxylic acids is 2. The highest BCUT2D eigenvalue weighted by Gasteiger charge is 2.65. The number of benzene rings is 1. The van der Waals surface area contributed by atoms with Crippen LogP contribution in [0, 0.1) is 6.92 Å². The maximum absolute atomic E-state index is 13.1. The maximum atomic E-state index is 13.1. The fraction of sp³-hybridized carbons (Fsp3) is 0.381. The molecule has 3 fully saturated rings. The van der Waals surface area contributed by atoms with Crippen LogP contribution in [-0.2, 0) is 9.53 Å². The molecule has 0 bridgehead atoms. The summed E-state index contributed by atoms with van der Waals surface area (Å²) in [5.41, 5.74) is 1.89. The molecule has 3 aliphatic heterocycles. The molecular formula is C21H21N3O3. The van der Waals surface area contributed by atoms with Crippen molar-refractivity contribution in [3.05, 3.63) is 65.5 Å². The van der Waals surface area contributed by atoms with Crippen LogP contribution < -0.4 is 0 Å². The minimum atomic E-state index is -0.690. The van der Waals surface area contributed by atoms with E-state index >= 15 is 0 Å². The van der Waals surface area contributed by atoms with Gasteiger partial charge in [0.2, 0.25) is 5.91 Å². The highest BCUT2D eigenvalue weighted by molar-refractivity contribution is 5.95. The van der Waals surface area contributed by atoms with Crippen molar-refractivity contribution in [2.45, 2.75) is 37.6 Å². The van der Waals surface area contributed by atoms with E-state index in [0.717, 1.165) is 11.1 Å². The lowest BCUT2D eigenvalue weighted by Gasteiger charge is -2.32. The molecule has 0 saturated carbocycles. The van der Waals surface area contributed by atoms with E-state index in [2.05, 4.69) is 4.98 Å². The Balaban J connectivity index is 1.45. The van der Waals surface area contributed by atoms with Gasteiger partial charge in [-0.05, 0) is 24.1 Å². The number of likely N-dealkylation sites (tertiary alicyclic amines) is 1. The van der Waals surface area contributed by atoms with Crippen LogP contribution in [-0.4, -0.2) is 51.5 Å². The van der Waals surface area contributed by atoms with Crippen LogP contribution in [0.25, 0.3) is 0 Å². The van der Waals surface area contributed by atoms with Gasteiger partial charge in [-0.3, -0.25) is 14.6 Å². The number of aromatic nitrogens is 1. The number of hydrogen-bond donors (Lipinski definition) is 0. The molecule has 0 N–H and O–H groups in total. The summed E-state index contributed by atoms with van der Waals surface area (Å²) in [5, 5.41) is 0. The van der Waals surface area contributed by atoms with Gasteiger partial charge >= 0.3 is 0 Å². The summed E-state index contributed by atoms with van der Waals surface area (Å²) in [6.45, 7) is 3.05. The molecule has 2 aromatic rings. The van der Waals surface area contributed by atoms with Crippen molar-refractivity contribution in [1.29, 1.82) is 0 Å². The second-order valence-corrected chi connectivity index (χ2v) is 7.59. The fourth-order valence-electron chi connectivity index (χ4n) is 4.75. The van der Waals surface area contributed by atoms with Crippen molar-refractivity contribution >= 4 is 11.8 Å². The van der Waals surface area contributed by atoms with E-state index in [1.807, 2.05) is 53.1 Å². The average Bonchev–Trinajstić information content (AvgIpc) is 3.30. The number of aryl methyl sites for hydroxylation is 1. The van der Waals surface area contributed by atoms with Gasteiger partial charge in [0, 0.05) is 25.4 Å². The van der Waals surface area contributed by atoms with E-state index in [0.29, 0.717) is 31.5 Å². The molecule has 3 saturated heterocycles. The Kier molecular flexibility index (Phi) is 3.59. The second-order valence-electron chi connectivity index (χ2n) is 7.59. The first-order chi connectivity index (χ1) is 13.1.